The predicted octanol–water partition coefficient (Wildman–Crippen LogP) is 2.98. The summed E-state index contributed by atoms with van der Waals surface area (Å²) in [5.41, 5.74) is 2.86. The van der Waals surface area contributed by atoms with Gasteiger partial charge >= 0.3 is 0 Å². The van der Waals surface area contributed by atoms with Gasteiger partial charge in [-0.2, -0.15) is 0 Å². The van der Waals surface area contributed by atoms with Gasteiger partial charge in [0.2, 0.25) is 0 Å². The van der Waals surface area contributed by atoms with Crippen LogP contribution in [0.3, 0.4) is 0 Å². The molecule has 0 aliphatic carbocycles. The van der Waals surface area contributed by atoms with E-state index in [4.69, 9.17) is 0 Å². The molecule has 0 amide bonds. The topological polar surface area (TPSA) is 38.7 Å². The van der Waals surface area contributed by atoms with Gasteiger partial charge in [-0.1, -0.05) is 24.8 Å². The monoisotopic (exact) mass is 291 g/mol. The molecule has 3 heterocycles. The second-order valence-electron chi connectivity index (χ2n) is 4.37. The number of pyridine rings is 3. The molecule has 0 unspecified atom stereocenters. The molecule has 4 heteroatoms. The summed E-state index contributed by atoms with van der Waals surface area (Å²) in [5, 5.41) is 0.961. The zero-order chi connectivity index (χ0) is 14.5. The molecule has 0 N–H and O–H groups in total. The molecule has 0 saturated heterocycles. The van der Waals surface area contributed by atoms with Crippen molar-refractivity contribution < 1.29 is 0 Å². The molecule has 0 aliphatic heterocycles. The summed E-state index contributed by atoms with van der Waals surface area (Å²) in [6, 6.07) is 17.7. The van der Waals surface area contributed by atoms with Crippen molar-refractivity contribution in [1.29, 1.82) is 0 Å². The van der Waals surface area contributed by atoms with Crippen LogP contribution >= 0.6 is 7.92 Å². The zero-order valence-electron chi connectivity index (χ0n) is 11.4. The second kappa shape index (κ2) is 6.38. The van der Waals surface area contributed by atoms with Crippen molar-refractivity contribution in [3.05, 3.63) is 85.5 Å². The van der Waals surface area contributed by atoms with Gasteiger partial charge in [0.15, 0.2) is 0 Å². The Kier molecular flexibility index (Phi) is 4.13. The van der Waals surface area contributed by atoms with Gasteiger partial charge in [-0.3, -0.25) is 15.0 Å². The van der Waals surface area contributed by atoms with E-state index in [1.165, 1.54) is 0 Å². The molecule has 3 aromatic heterocycles. The Hall–Kier alpha value is -2.38. The van der Waals surface area contributed by atoms with Gasteiger partial charge in [0.05, 0.1) is 16.6 Å². The maximum atomic E-state index is 4.50. The summed E-state index contributed by atoms with van der Waals surface area (Å²) in [4.78, 5) is 13.4. The van der Waals surface area contributed by atoms with Crippen LogP contribution in [0.2, 0.25) is 0 Å². The standard InChI is InChI=1S/C17H14N3P/c1-14(15-8-2-5-11-18-15)21(16-9-3-6-12-19-16)17-10-4-7-13-20-17/h2-13H,1H2. The lowest BCUT2D eigenvalue weighted by atomic mass is 10.3. The average Bonchev–Trinajstić information content (AvgIpc) is 2.58. The fourth-order valence-electron chi connectivity index (χ4n) is 2.01. The molecule has 0 aliphatic rings. The van der Waals surface area contributed by atoms with Crippen LogP contribution in [-0.4, -0.2) is 15.0 Å². The van der Waals surface area contributed by atoms with Crippen LogP contribution in [0.4, 0.5) is 0 Å². The Bertz CT molecular complexity index is 675. The molecular weight excluding hydrogens is 277 g/mol. The molecule has 0 bridgehead atoms. The lowest BCUT2D eigenvalue weighted by Gasteiger charge is -2.18. The Morgan fingerprint density at radius 1 is 0.714 bits per heavy atom. The van der Waals surface area contributed by atoms with Gasteiger partial charge in [-0.05, 0) is 36.4 Å². The minimum atomic E-state index is -0.868. The Morgan fingerprint density at radius 3 is 1.67 bits per heavy atom. The second-order valence-corrected chi connectivity index (χ2v) is 6.50. The van der Waals surface area contributed by atoms with Crippen LogP contribution in [-0.2, 0) is 0 Å². The fourth-order valence-corrected chi connectivity index (χ4v) is 4.00. The third-order valence-electron chi connectivity index (χ3n) is 2.99. The van der Waals surface area contributed by atoms with Crippen molar-refractivity contribution in [1.82, 2.24) is 15.0 Å². The number of nitrogens with zero attached hydrogens (tertiary/aromatic N) is 3. The molecule has 3 aromatic rings. The molecular formula is C17H14N3P. The van der Waals surface area contributed by atoms with Crippen LogP contribution in [0, 0.1) is 0 Å². The number of hydrogen-bond acceptors (Lipinski definition) is 3. The number of rotatable bonds is 4. The van der Waals surface area contributed by atoms with Crippen molar-refractivity contribution in [3.8, 4) is 0 Å². The lowest BCUT2D eigenvalue weighted by molar-refractivity contribution is 1.29. The average molecular weight is 291 g/mol. The van der Waals surface area contributed by atoms with Gasteiger partial charge in [0.25, 0.3) is 0 Å². The summed E-state index contributed by atoms with van der Waals surface area (Å²) in [5.74, 6) is 0. The van der Waals surface area contributed by atoms with Crippen molar-refractivity contribution in [2.24, 2.45) is 0 Å². The highest BCUT2D eigenvalue weighted by atomic mass is 31.1. The fraction of sp³-hybridized carbons (Fsp3) is 0. The van der Waals surface area contributed by atoms with Crippen molar-refractivity contribution in [2.45, 2.75) is 0 Å². The first-order chi connectivity index (χ1) is 10.4. The third kappa shape index (κ3) is 3.04. The van der Waals surface area contributed by atoms with E-state index in [1.54, 1.807) is 18.6 Å². The summed E-state index contributed by atoms with van der Waals surface area (Å²) >= 11 is 0. The number of aromatic nitrogens is 3. The highest BCUT2D eigenvalue weighted by Crippen LogP contribution is 2.45. The van der Waals surface area contributed by atoms with Crippen molar-refractivity contribution in [3.63, 3.8) is 0 Å². The summed E-state index contributed by atoms with van der Waals surface area (Å²) in [6.07, 6.45) is 5.39. The van der Waals surface area contributed by atoms with Crippen LogP contribution < -0.4 is 10.9 Å². The van der Waals surface area contributed by atoms with Gasteiger partial charge < -0.3 is 0 Å². The summed E-state index contributed by atoms with van der Waals surface area (Å²) < 4.78 is 0. The van der Waals surface area contributed by atoms with E-state index in [-0.39, 0.29) is 0 Å². The molecule has 0 fully saturated rings. The van der Waals surface area contributed by atoms with E-state index in [1.807, 2.05) is 54.6 Å². The Labute approximate surface area is 125 Å². The molecule has 0 aromatic carbocycles. The minimum Gasteiger partial charge on any atom is -0.256 e. The van der Waals surface area contributed by atoms with Gasteiger partial charge in [0, 0.05) is 31.8 Å². The Morgan fingerprint density at radius 2 is 1.24 bits per heavy atom. The SMILES string of the molecule is C=C(c1ccccn1)P(c1ccccn1)c1ccccn1. The minimum absolute atomic E-state index is 0.868. The highest BCUT2D eigenvalue weighted by Gasteiger charge is 2.21. The lowest BCUT2D eigenvalue weighted by Crippen LogP contribution is -2.17. The quantitative estimate of drug-likeness (QED) is 0.694. The van der Waals surface area contributed by atoms with Crippen LogP contribution in [0.25, 0.3) is 5.31 Å². The largest absolute Gasteiger partial charge is 0.256 e. The molecule has 0 saturated carbocycles. The molecule has 0 spiro atoms. The van der Waals surface area contributed by atoms with Gasteiger partial charge in [0.1, 0.15) is 0 Å². The van der Waals surface area contributed by atoms with Crippen molar-refractivity contribution >= 4 is 24.1 Å². The molecule has 0 radical (unpaired) electrons. The summed E-state index contributed by atoms with van der Waals surface area (Å²) in [7, 11) is -0.868. The van der Waals surface area contributed by atoms with Gasteiger partial charge in [-0.15, -0.1) is 0 Å². The van der Waals surface area contributed by atoms with E-state index in [9.17, 15) is 0 Å². The molecule has 3 nitrogen and oxygen atoms in total. The maximum absolute atomic E-state index is 4.50. The van der Waals surface area contributed by atoms with E-state index in [0.717, 1.165) is 21.9 Å². The predicted molar refractivity (Wildman–Crippen MR) is 87.9 cm³/mol. The van der Waals surface area contributed by atoms with E-state index >= 15 is 0 Å². The Balaban J connectivity index is 2.07. The molecule has 3 rings (SSSR count). The summed E-state index contributed by atoms with van der Waals surface area (Å²) in [6.45, 7) is 4.26. The molecule has 21 heavy (non-hydrogen) atoms. The smallest absolute Gasteiger partial charge is 0.0737 e. The van der Waals surface area contributed by atoms with Crippen LogP contribution in [0.5, 0.6) is 0 Å². The number of hydrogen-bond donors (Lipinski definition) is 0. The third-order valence-corrected chi connectivity index (χ3v) is 5.20. The van der Waals surface area contributed by atoms with Gasteiger partial charge in [-0.25, -0.2) is 0 Å². The van der Waals surface area contributed by atoms with Crippen LogP contribution in [0.1, 0.15) is 5.69 Å². The maximum Gasteiger partial charge on any atom is 0.0737 e. The zero-order valence-corrected chi connectivity index (χ0v) is 12.3. The first kappa shape index (κ1) is 13.6. The highest BCUT2D eigenvalue weighted by molar-refractivity contribution is 7.81. The molecule has 0 atom stereocenters. The first-order valence-corrected chi connectivity index (χ1v) is 7.93. The van der Waals surface area contributed by atoms with E-state index in [0.29, 0.717) is 0 Å². The first-order valence-electron chi connectivity index (χ1n) is 6.59. The van der Waals surface area contributed by atoms with Crippen LogP contribution in [0.15, 0.2) is 79.8 Å². The molecule has 102 valence electrons. The normalized spacial score (nSPS) is 10.5. The van der Waals surface area contributed by atoms with Crippen molar-refractivity contribution in [2.75, 3.05) is 0 Å². The van der Waals surface area contributed by atoms with E-state index in [2.05, 4.69) is 21.5 Å². The van der Waals surface area contributed by atoms with E-state index < -0.39 is 7.92 Å².